The number of aliphatic hydroxyl groups excluding tert-OH is 1. The third-order valence-electron chi connectivity index (χ3n) is 2.53. The molecule has 0 atom stereocenters. The molecule has 0 radical (unpaired) electrons. The number of rotatable bonds is 2. The summed E-state index contributed by atoms with van der Waals surface area (Å²) in [6.07, 6.45) is 1.00. The fraction of sp³-hybridized carbons (Fsp3) is 0.400. The SMILES string of the molecule is Nc1cccc2c1CCN2CCO. The Hall–Kier alpha value is -1.22. The second kappa shape index (κ2) is 3.26. The molecule has 0 aromatic heterocycles. The first-order valence-corrected chi connectivity index (χ1v) is 4.56. The molecule has 1 aliphatic rings. The first-order chi connectivity index (χ1) is 6.33. The van der Waals surface area contributed by atoms with Crippen LogP contribution in [0.15, 0.2) is 18.2 Å². The van der Waals surface area contributed by atoms with Crippen LogP contribution < -0.4 is 10.6 Å². The maximum atomic E-state index is 8.85. The minimum Gasteiger partial charge on any atom is -0.398 e. The van der Waals surface area contributed by atoms with E-state index < -0.39 is 0 Å². The number of fused-ring (bicyclic) bond motifs is 1. The van der Waals surface area contributed by atoms with Crippen LogP contribution in [0.3, 0.4) is 0 Å². The lowest BCUT2D eigenvalue weighted by Gasteiger charge is -2.17. The molecule has 2 rings (SSSR count). The van der Waals surface area contributed by atoms with Crippen molar-refractivity contribution in [3.63, 3.8) is 0 Å². The number of nitrogens with two attached hydrogens (primary N) is 1. The Labute approximate surface area is 77.8 Å². The summed E-state index contributed by atoms with van der Waals surface area (Å²) in [4.78, 5) is 2.17. The Morgan fingerprint density at radius 3 is 3.08 bits per heavy atom. The molecule has 0 saturated heterocycles. The van der Waals surface area contributed by atoms with Crippen LogP contribution in [0.25, 0.3) is 0 Å². The topological polar surface area (TPSA) is 49.5 Å². The molecule has 1 aromatic carbocycles. The Balaban J connectivity index is 2.32. The smallest absolute Gasteiger partial charge is 0.0606 e. The first-order valence-electron chi connectivity index (χ1n) is 4.56. The molecule has 3 heteroatoms. The lowest BCUT2D eigenvalue weighted by atomic mass is 10.1. The molecule has 0 unspecified atom stereocenters. The number of nitrogens with zero attached hydrogens (tertiary/aromatic N) is 1. The fourth-order valence-corrected chi connectivity index (χ4v) is 1.88. The largest absolute Gasteiger partial charge is 0.398 e. The molecule has 0 spiro atoms. The molecule has 3 nitrogen and oxygen atoms in total. The minimum atomic E-state index is 0.203. The van der Waals surface area contributed by atoms with Gasteiger partial charge >= 0.3 is 0 Å². The van der Waals surface area contributed by atoms with Crippen LogP contribution in [0.1, 0.15) is 5.56 Å². The first kappa shape index (κ1) is 8.38. The van der Waals surface area contributed by atoms with Crippen molar-refractivity contribution in [2.24, 2.45) is 0 Å². The van der Waals surface area contributed by atoms with Crippen molar-refractivity contribution in [2.45, 2.75) is 6.42 Å². The summed E-state index contributed by atoms with van der Waals surface area (Å²) in [6.45, 7) is 1.88. The molecular formula is C10H14N2O. The van der Waals surface area contributed by atoms with Gasteiger partial charge in [-0.1, -0.05) is 6.07 Å². The third-order valence-corrected chi connectivity index (χ3v) is 2.53. The molecule has 1 aliphatic heterocycles. The second-order valence-electron chi connectivity index (χ2n) is 3.31. The van der Waals surface area contributed by atoms with Crippen molar-refractivity contribution < 1.29 is 5.11 Å². The molecule has 0 amide bonds. The molecule has 3 N–H and O–H groups in total. The van der Waals surface area contributed by atoms with E-state index in [9.17, 15) is 0 Å². The van der Waals surface area contributed by atoms with Crippen molar-refractivity contribution in [3.8, 4) is 0 Å². The van der Waals surface area contributed by atoms with Gasteiger partial charge in [-0.05, 0) is 18.6 Å². The molecule has 0 saturated carbocycles. The van der Waals surface area contributed by atoms with Gasteiger partial charge in [0.2, 0.25) is 0 Å². The second-order valence-corrected chi connectivity index (χ2v) is 3.31. The van der Waals surface area contributed by atoms with E-state index in [2.05, 4.69) is 11.0 Å². The van der Waals surface area contributed by atoms with Crippen LogP contribution >= 0.6 is 0 Å². The number of hydrogen-bond acceptors (Lipinski definition) is 3. The summed E-state index contributed by atoms with van der Waals surface area (Å²) in [5.41, 5.74) is 9.14. The van der Waals surface area contributed by atoms with Crippen LogP contribution in [0, 0.1) is 0 Å². The van der Waals surface area contributed by atoms with Crippen molar-refractivity contribution in [3.05, 3.63) is 23.8 Å². The number of nitrogen functional groups attached to an aromatic ring is 1. The lowest BCUT2D eigenvalue weighted by Crippen LogP contribution is -2.23. The van der Waals surface area contributed by atoms with Gasteiger partial charge in [-0.2, -0.15) is 0 Å². The molecular weight excluding hydrogens is 164 g/mol. The number of benzene rings is 1. The standard InChI is InChI=1S/C10H14N2O/c11-9-2-1-3-10-8(9)4-5-12(10)6-7-13/h1-3,13H,4-7,11H2. The Kier molecular flexibility index (Phi) is 2.10. The summed E-state index contributed by atoms with van der Waals surface area (Å²) in [5, 5.41) is 8.85. The summed E-state index contributed by atoms with van der Waals surface area (Å²) in [6, 6.07) is 5.96. The van der Waals surface area contributed by atoms with Crippen LogP contribution in [-0.4, -0.2) is 24.8 Å². The molecule has 70 valence electrons. The van der Waals surface area contributed by atoms with Gasteiger partial charge in [0.1, 0.15) is 0 Å². The van der Waals surface area contributed by atoms with Gasteiger partial charge in [0, 0.05) is 30.0 Å². The Morgan fingerprint density at radius 1 is 1.46 bits per heavy atom. The molecule has 0 fully saturated rings. The molecule has 0 aliphatic carbocycles. The van der Waals surface area contributed by atoms with Crippen LogP contribution in [0.4, 0.5) is 11.4 Å². The number of aliphatic hydroxyl groups is 1. The maximum Gasteiger partial charge on any atom is 0.0606 e. The van der Waals surface area contributed by atoms with Gasteiger partial charge in [0.25, 0.3) is 0 Å². The molecule has 13 heavy (non-hydrogen) atoms. The number of β-amino-alcohol motifs (C(OH)–C–C–N with tert-alkyl or cyclic N) is 1. The van der Waals surface area contributed by atoms with Gasteiger partial charge in [0.05, 0.1) is 6.61 Å². The average molecular weight is 178 g/mol. The number of hydrogen-bond donors (Lipinski definition) is 2. The van der Waals surface area contributed by atoms with E-state index in [4.69, 9.17) is 10.8 Å². The minimum absolute atomic E-state index is 0.203. The summed E-state index contributed by atoms with van der Waals surface area (Å²) in [5.74, 6) is 0. The zero-order valence-electron chi connectivity index (χ0n) is 7.53. The van der Waals surface area contributed by atoms with Gasteiger partial charge in [-0.15, -0.1) is 0 Å². The van der Waals surface area contributed by atoms with Gasteiger partial charge in [-0.3, -0.25) is 0 Å². The van der Waals surface area contributed by atoms with E-state index in [-0.39, 0.29) is 6.61 Å². The molecule has 1 aromatic rings. The molecule has 1 heterocycles. The monoisotopic (exact) mass is 178 g/mol. The van der Waals surface area contributed by atoms with Crippen molar-refractivity contribution >= 4 is 11.4 Å². The van der Waals surface area contributed by atoms with E-state index in [0.717, 1.165) is 18.7 Å². The van der Waals surface area contributed by atoms with E-state index >= 15 is 0 Å². The highest BCUT2D eigenvalue weighted by Crippen LogP contribution is 2.31. The van der Waals surface area contributed by atoms with Gasteiger partial charge in [-0.25, -0.2) is 0 Å². The summed E-state index contributed by atoms with van der Waals surface area (Å²) in [7, 11) is 0. The summed E-state index contributed by atoms with van der Waals surface area (Å²) >= 11 is 0. The highest BCUT2D eigenvalue weighted by Gasteiger charge is 2.19. The van der Waals surface area contributed by atoms with Crippen molar-refractivity contribution in [2.75, 3.05) is 30.3 Å². The average Bonchev–Trinajstić information content (AvgIpc) is 2.51. The van der Waals surface area contributed by atoms with Crippen LogP contribution in [0.5, 0.6) is 0 Å². The van der Waals surface area contributed by atoms with Crippen molar-refractivity contribution in [1.29, 1.82) is 0 Å². The quantitative estimate of drug-likeness (QED) is 0.653. The lowest BCUT2D eigenvalue weighted by molar-refractivity contribution is 0.303. The third kappa shape index (κ3) is 1.35. The van der Waals surface area contributed by atoms with Gasteiger partial charge < -0.3 is 15.7 Å². The predicted octanol–water partition coefficient (Wildman–Crippen LogP) is 0.624. The number of anilines is 2. The van der Waals surface area contributed by atoms with Crippen LogP contribution in [0.2, 0.25) is 0 Å². The maximum absolute atomic E-state index is 8.85. The Morgan fingerprint density at radius 2 is 2.31 bits per heavy atom. The van der Waals surface area contributed by atoms with Gasteiger partial charge in [0.15, 0.2) is 0 Å². The van der Waals surface area contributed by atoms with Crippen molar-refractivity contribution in [1.82, 2.24) is 0 Å². The highest BCUT2D eigenvalue weighted by atomic mass is 16.3. The zero-order chi connectivity index (χ0) is 9.26. The van der Waals surface area contributed by atoms with E-state index in [1.54, 1.807) is 0 Å². The van der Waals surface area contributed by atoms with E-state index in [0.29, 0.717) is 6.54 Å². The van der Waals surface area contributed by atoms with E-state index in [1.165, 1.54) is 11.3 Å². The zero-order valence-corrected chi connectivity index (χ0v) is 7.53. The van der Waals surface area contributed by atoms with Crippen LogP contribution in [-0.2, 0) is 6.42 Å². The predicted molar refractivity (Wildman–Crippen MR) is 53.9 cm³/mol. The normalized spacial score (nSPS) is 14.7. The summed E-state index contributed by atoms with van der Waals surface area (Å²) < 4.78 is 0. The highest BCUT2D eigenvalue weighted by molar-refractivity contribution is 5.68. The molecule has 0 bridgehead atoms. The van der Waals surface area contributed by atoms with E-state index in [1.807, 2.05) is 12.1 Å². The Bertz CT molecular complexity index is 312. The fourth-order valence-electron chi connectivity index (χ4n) is 1.88.